The minimum absolute atomic E-state index is 0.106. The molecule has 2 N–H and O–H groups in total. The number of hydrogen-bond donors (Lipinski definition) is 2. The molecule has 1 aliphatic heterocycles. The van der Waals surface area contributed by atoms with Crippen LogP contribution in [0.5, 0.6) is 17.2 Å². The van der Waals surface area contributed by atoms with Gasteiger partial charge < -0.3 is 24.8 Å². The number of carbonyl (C=O) groups excluding carboxylic acids is 2. The zero-order chi connectivity index (χ0) is 20.1. The fourth-order valence-corrected chi connectivity index (χ4v) is 3.01. The maximum atomic E-state index is 12.4. The predicted octanol–water partition coefficient (Wildman–Crippen LogP) is 3.38. The van der Waals surface area contributed by atoms with E-state index in [1.165, 1.54) is 6.92 Å². The molecule has 0 fully saturated rings. The molecule has 0 unspecified atom stereocenters. The first kappa shape index (κ1) is 19.5. The highest BCUT2D eigenvalue weighted by Crippen LogP contribution is 2.38. The summed E-state index contributed by atoms with van der Waals surface area (Å²) >= 11 is 0. The Morgan fingerprint density at radius 2 is 2.00 bits per heavy atom. The molecule has 0 saturated heterocycles. The van der Waals surface area contributed by atoms with Gasteiger partial charge in [0.05, 0.1) is 12.3 Å². The summed E-state index contributed by atoms with van der Waals surface area (Å²) in [5.41, 5.74) is 2.23. The van der Waals surface area contributed by atoms with E-state index in [1.54, 1.807) is 30.3 Å². The van der Waals surface area contributed by atoms with E-state index in [0.717, 1.165) is 17.7 Å². The number of ether oxygens (including phenoxy) is 3. The monoisotopic (exact) mass is 384 g/mol. The van der Waals surface area contributed by atoms with Gasteiger partial charge in [-0.15, -0.1) is 0 Å². The zero-order valence-corrected chi connectivity index (χ0v) is 16.2. The third kappa shape index (κ3) is 4.94. The van der Waals surface area contributed by atoms with Gasteiger partial charge in [-0.3, -0.25) is 9.59 Å². The molecular formula is C21H24N2O5. The molecule has 1 atom stereocenters. The van der Waals surface area contributed by atoms with E-state index in [4.69, 9.17) is 14.2 Å². The standard InChI is InChI=1S/C21H24N2O5/c1-4-26-20-9-15-8-13(2)28-19(15)11-18(20)23-21(25)12-27-17-7-5-6-16(10-17)22-14(3)24/h5-7,9-11,13H,4,8,12H2,1-3H3,(H,22,24)(H,23,25)/t13-/m1/s1. The van der Waals surface area contributed by atoms with E-state index in [0.29, 0.717) is 29.5 Å². The average Bonchev–Trinajstić information content (AvgIpc) is 2.99. The minimum Gasteiger partial charge on any atom is -0.492 e. The van der Waals surface area contributed by atoms with Gasteiger partial charge >= 0.3 is 0 Å². The molecule has 2 aromatic carbocycles. The van der Waals surface area contributed by atoms with Crippen LogP contribution in [-0.2, 0) is 16.0 Å². The molecule has 2 aromatic rings. The first-order valence-electron chi connectivity index (χ1n) is 9.21. The van der Waals surface area contributed by atoms with Crippen molar-refractivity contribution in [3.8, 4) is 17.2 Å². The molecule has 7 heteroatoms. The van der Waals surface area contributed by atoms with Gasteiger partial charge in [0.15, 0.2) is 6.61 Å². The third-order valence-electron chi connectivity index (χ3n) is 4.10. The van der Waals surface area contributed by atoms with Crippen molar-refractivity contribution in [2.24, 2.45) is 0 Å². The summed E-state index contributed by atoms with van der Waals surface area (Å²) in [4.78, 5) is 23.5. The molecule has 148 valence electrons. The Morgan fingerprint density at radius 3 is 2.75 bits per heavy atom. The van der Waals surface area contributed by atoms with Gasteiger partial charge in [-0.1, -0.05) is 6.07 Å². The van der Waals surface area contributed by atoms with Crippen LogP contribution in [0.15, 0.2) is 36.4 Å². The van der Waals surface area contributed by atoms with Crippen LogP contribution >= 0.6 is 0 Å². The summed E-state index contributed by atoms with van der Waals surface area (Å²) in [5, 5.41) is 5.49. The highest BCUT2D eigenvalue weighted by atomic mass is 16.5. The summed E-state index contributed by atoms with van der Waals surface area (Å²) < 4.78 is 17.0. The van der Waals surface area contributed by atoms with Gasteiger partial charge in [-0.25, -0.2) is 0 Å². The summed E-state index contributed by atoms with van der Waals surface area (Å²) in [5.74, 6) is 1.36. The topological polar surface area (TPSA) is 85.9 Å². The molecule has 1 aliphatic rings. The van der Waals surface area contributed by atoms with Gasteiger partial charge in [0.2, 0.25) is 5.91 Å². The summed E-state index contributed by atoms with van der Waals surface area (Å²) in [6, 6.07) is 10.6. The molecule has 0 bridgehead atoms. The zero-order valence-electron chi connectivity index (χ0n) is 16.2. The Kier molecular flexibility index (Phi) is 6.03. The second kappa shape index (κ2) is 8.65. The van der Waals surface area contributed by atoms with Crippen LogP contribution in [0.1, 0.15) is 26.3 Å². The number of nitrogens with one attached hydrogen (secondary N) is 2. The van der Waals surface area contributed by atoms with Crippen molar-refractivity contribution in [3.05, 3.63) is 42.0 Å². The molecule has 0 saturated carbocycles. The molecule has 7 nitrogen and oxygen atoms in total. The van der Waals surface area contributed by atoms with Gasteiger partial charge in [0, 0.05) is 36.7 Å². The lowest BCUT2D eigenvalue weighted by molar-refractivity contribution is -0.118. The molecule has 0 radical (unpaired) electrons. The smallest absolute Gasteiger partial charge is 0.262 e. The minimum atomic E-state index is -0.322. The molecule has 28 heavy (non-hydrogen) atoms. The number of rotatable bonds is 7. The Labute approximate surface area is 164 Å². The largest absolute Gasteiger partial charge is 0.492 e. The molecule has 0 aliphatic carbocycles. The van der Waals surface area contributed by atoms with Crippen molar-refractivity contribution in [2.75, 3.05) is 23.8 Å². The lowest BCUT2D eigenvalue weighted by Crippen LogP contribution is -2.20. The highest BCUT2D eigenvalue weighted by molar-refractivity contribution is 5.94. The quantitative estimate of drug-likeness (QED) is 0.764. The van der Waals surface area contributed by atoms with Gasteiger partial charge in [-0.05, 0) is 32.0 Å². The molecular weight excluding hydrogens is 360 g/mol. The normalized spacial score (nSPS) is 14.6. The van der Waals surface area contributed by atoms with Gasteiger partial charge in [-0.2, -0.15) is 0 Å². The molecule has 3 rings (SSSR count). The lowest BCUT2D eigenvalue weighted by atomic mass is 10.1. The third-order valence-corrected chi connectivity index (χ3v) is 4.10. The van der Waals surface area contributed by atoms with Crippen LogP contribution in [0, 0.1) is 0 Å². The average molecular weight is 384 g/mol. The first-order valence-corrected chi connectivity index (χ1v) is 9.21. The number of amides is 2. The number of carbonyl (C=O) groups is 2. The fourth-order valence-electron chi connectivity index (χ4n) is 3.01. The van der Waals surface area contributed by atoms with Crippen molar-refractivity contribution in [1.29, 1.82) is 0 Å². The second-order valence-electron chi connectivity index (χ2n) is 6.57. The molecule has 0 aromatic heterocycles. The van der Waals surface area contributed by atoms with Crippen LogP contribution in [0.25, 0.3) is 0 Å². The van der Waals surface area contributed by atoms with E-state index in [2.05, 4.69) is 10.6 Å². The number of fused-ring (bicyclic) bond motifs is 1. The Bertz CT molecular complexity index is 881. The lowest BCUT2D eigenvalue weighted by Gasteiger charge is -2.14. The molecule has 0 spiro atoms. The predicted molar refractivity (Wildman–Crippen MR) is 106 cm³/mol. The Hall–Kier alpha value is -3.22. The van der Waals surface area contributed by atoms with E-state index in [9.17, 15) is 9.59 Å². The molecule has 1 heterocycles. The van der Waals surface area contributed by atoms with Crippen molar-refractivity contribution in [1.82, 2.24) is 0 Å². The van der Waals surface area contributed by atoms with E-state index < -0.39 is 0 Å². The van der Waals surface area contributed by atoms with Crippen LogP contribution in [0.4, 0.5) is 11.4 Å². The van der Waals surface area contributed by atoms with Crippen LogP contribution < -0.4 is 24.8 Å². The number of benzene rings is 2. The van der Waals surface area contributed by atoms with Crippen LogP contribution in [0.2, 0.25) is 0 Å². The Morgan fingerprint density at radius 1 is 1.18 bits per heavy atom. The van der Waals surface area contributed by atoms with E-state index in [-0.39, 0.29) is 24.5 Å². The highest BCUT2D eigenvalue weighted by Gasteiger charge is 2.22. The Balaban J connectivity index is 1.65. The summed E-state index contributed by atoms with van der Waals surface area (Å²) in [6.45, 7) is 5.64. The van der Waals surface area contributed by atoms with Crippen molar-refractivity contribution < 1.29 is 23.8 Å². The van der Waals surface area contributed by atoms with Gasteiger partial charge in [0.25, 0.3) is 5.91 Å². The molecule has 2 amide bonds. The second-order valence-corrected chi connectivity index (χ2v) is 6.57. The SMILES string of the molecule is CCOc1cc2c(cc1NC(=O)COc1cccc(NC(C)=O)c1)O[C@H](C)C2. The van der Waals surface area contributed by atoms with Gasteiger partial charge in [0.1, 0.15) is 23.4 Å². The maximum absolute atomic E-state index is 12.4. The van der Waals surface area contributed by atoms with Crippen molar-refractivity contribution >= 4 is 23.2 Å². The summed E-state index contributed by atoms with van der Waals surface area (Å²) in [6.07, 6.45) is 0.923. The van der Waals surface area contributed by atoms with E-state index >= 15 is 0 Å². The number of hydrogen-bond acceptors (Lipinski definition) is 5. The van der Waals surface area contributed by atoms with Crippen LogP contribution in [-0.4, -0.2) is 31.1 Å². The van der Waals surface area contributed by atoms with Crippen LogP contribution in [0.3, 0.4) is 0 Å². The summed E-state index contributed by atoms with van der Waals surface area (Å²) in [7, 11) is 0. The maximum Gasteiger partial charge on any atom is 0.262 e. The first-order chi connectivity index (χ1) is 13.4. The van der Waals surface area contributed by atoms with E-state index in [1.807, 2.05) is 19.9 Å². The van der Waals surface area contributed by atoms with Crippen molar-refractivity contribution in [3.63, 3.8) is 0 Å². The number of anilines is 2. The fraction of sp³-hybridized carbons (Fsp3) is 0.333. The van der Waals surface area contributed by atoms with Crippen molar-refractivity contribution in [2.45, 2.75) is 33.3 Å².